The average Bonchev–Trinajstić information content (AvgIpc) is 3.30. The van der Waals surface area contributed by atoms with Crippen molar-refractivity contribution in [3.05, 3.63) is 99.9 Å². The second-order valence-corrected chi connectivity index (χ2v) is 7.86. The van der Waals surface area contributed by atoms with Gasteiger partial charge in [-0.15, -0.1) is 0 Å². The highest BCUT2D eigenvalue weighted by Crippen LogP contribution is 2.37. The number of hydrogen-bond acceptors (Lipinski definition) is 4. The minimum atomic E-state index is -0.369. The van der Waals surface area contributed by atoms with E-state index < -0.39 is 0 Å². The van der Waals surface area contributed by atoms with Gasteiger partial charge in [-0.3, -0.25) is 14.5 Å². The first kappa shape index (κ1) is 19.5. The Kier molecular flexibility index (Phi) is 4.85. The molecule has 0 saturated heterocycles. The van der Waals surface area contributed by atoms with Crippen molar-refractivity contribution in [3.63, 3.8) is 0 Å². The number of carbonyl (C=O) groups is 2. The standard InChI is InChI=1S/C24H14Cl2N2O3/c25-15-11-9-14(10-12-15)22-21(18-7-3-4-8-19(18)26)27-20(31-22)13-28-23(29)16-5-1-2-6-17(16)24(28)30/h1-12H,13H2. The minimum absolute atomic E-state index is 0.0859. The monoisotopic (exact) mass is 448 g/mol. The summed E-state index contributed by atoms with van der Waals surface area (Å²) in [5.41, 5.74) is 2.72. The van der Waals surface area contributed by atoms with E-state index in [0.29, 0.717) is 38.2 Å². The molecule has 7 heteroatoms. The molecule has 0 unspecified atom stereocenters. The molecule has 0 fully saturated rings. The number of imide groups is 1. The number of rotatable bonds is 4. The average molecular weight is 449 g/mol. The Balaban J connectivity index is 1.57. The predicted molar refractivity (Wildman–Crippen MR) is 118 cm³/mol. The molecule has 0 spiro atoms. The van der Waals surface area contributed by atoms with Gasteiger partial charge in [0.25, 0.3) is 11.8 Å². The van der Waals surface area contributed by atoms with Gasteiger partial charge in [-0.1, -0.05) is 53.5 Å². The van der Waals surface area contributed by atoms with Crippen LogP contribution in [0.25, 0.3) is 22.6 Å². The largest absolute Gasteiger partial charge is 0.438 e. The van der Waals surface area contributed by atoms with Crippen LogP contribution in [0.4, 0.5) is 0 Å². The molecule has 1 aliphatic heterocycles. The molecule has 0 radical (unpaired) electrons. The van der Waals surface area contributed by atoms with Crippen molar-refractivity contribution in [1.29, 1.82) is 0 Å². The lowest BCUT2D eigenvalue weighted by Crippen LogP contribution is -2.29. The molecular formula is C24H14Cl2N2O3. The molecule has 4 aromatic rings. The van der Waals surface area contributed by atoms with Crippen molar-refractivity contribution in [2.24, 2.45) is 0 Å². The Hall–Kier alpha value is -3.41. The van der Waals surface area contributed by atoms with Crippen LogP contribution < -0.4 is 0 Å². The van der Waals surface area contributed by atoms with E-state index in [1.807, 2.05) is 30.3 Å². The number of fused-ring (bicyclic) bond motifs is 1. The summed E-state index contributed by atoms with van der Waals surface area (Å²) < 4.78 is 6.05. The van der Waals surface area contributed by atoms with Crippen LogP contribution in [-0.2, 0) is 6.54 Å². The van der Waals surface area contributed by atoms with Crippen LogP contribution in [0.1, 0.15) is 26.6 Å². The van der Waals surface area contributed by atoms with E-state index in [4.69, 9.17) is 27.6 Å². The van der Waals surface area contributed by atoms with Gasteiger partial charge in [0.2, 0.25) is 5.89 Å². The van der Waals surface area contributed by atoms with E-state index >= 15 is 0 Å². The molecule has 5 rings (SSSR count). The van der Waals surface area contributed by atoms with Gasteiger partial charge in [0.05, 0.1) is 16.1 Å². The second kappa shape index (κ2) is 7.69. The van der Waals surface area contributed by atoms with Crippen molar-refractivity contribution in [2.75, 3.05) is 0 Å². The van der Waals surface area contributed by atoms with Gasteiger partial charge in [-0.2, -0.15) is 0 Å². The summed E-state index contributed by atoms with van der Waals surface area (Å²) in [5.74, 6) is -0.0250. The highest BCUT2D eigenvalue weighted by atomic mass is 35.5. The maximum Gasteiger partial charge on any atom is 0.262 e. The molecule has 0 aliphatic carbocycles. The first-order valence-electron chi connectivity index (χ1n) is 9.48. The number of halogens is 2. The second-order valence-electron chi connectivity index (χ2n) is 7.01. The van der Waals surface area contributed by atoms with Gasteiger partial charge in [0.15, 0.2) is 5.76 Å². The fourth-order valence-electron chi connectivity index (χ4n) is 3.58. The summed E-state index contributed by atoms with van der Waals surface area (Å²) in [6.07, 6.45) is 0. The van der Waals surface area contributed by atoms with Gasteiger partial charge in [-0.05, 0) is 42.5 Å². The van der Waals surface area contributed by atoms with E-state index in [-0.39, 0.29) is 24.2 Å². The Morgan fingerprint density at radius 3 is 1.97 bits per heavy atom. The lowest BCUT2D eigenvalue weighted by molar-refractivity contribution is 0.0629. The molecule has 2 amide bonds. The summed E-state index contributed by atoms with van der Waals surface area (Å²) in [6, 6.07) is 21.1. The third-order valence-corrected chi connectivity index (χ3v) is 5.66. The Morgan fingerprint density at radius 2 is 1.35 bits per heavy atom. The van der Waals surface area contributed by atoms with E-state index in [9.17, 15) is 9.59 Å². The zero-order chi connectivity index (χ0) is 21.5. The highest BCUT2D eigenvalue weighted by molar-refractivity contribution is 6.33. The number of aromatic nitrogens is 1. The zero-order valence-electron chi connectivity index (χ0n) is 16.0. The maximum absolute atomic E-state index is 12.7. The Morgan fingerprint density at radius 1 is 0.774 bits per heavy atom. The van der Waals surface area contributed by atoms with Crippen LogP contribution in [0.5, 0.6) is 0 Å². The summed E-state index contributed by atoms with van der Waals surface area (Å²) in [7, 11) is 0. The van der Waals surface area contributed by atoms with Crippen molar-refractivity contribution in [2.45, 2.75) is 6.54 Å². The molecule has 1 aliphatic rings. The smallest absolute Gasteiger partial charge is 0.262 e. The first-order valence-corrected chi connectivity index (χ1v) is 10.2. The number of benzene rings is 3. The van der Waals surface area contributed by atoms with Crippen LogP contribution in [0.3, 0.4) is 0 Å². The Bertz CT molecular complexity index is 1290. The third kappa shape index (κ3) is 3.42. The molecule has 1 aromatic heterocycles. The summed E-state index contributed by atoms with van der Waals surface area (Å²) >= 11 is 12.4. The van der Waals surface area contributed by atoms with Gasteiger partial charge in [0, 0.05) is 16.1 Å². The van der Waals surface area contributed by atoms with Crippen LogP contribution in [-0.4, -0.2) is 21.7 Å². The minimum Gasteiger partial charge on any atom is -0.438 e. The molecule has 0 bridgehead atoms. The molecule has 0 N–H and O–H groups in total. The number of carbonyl (C=O) groups excluding carboxylic acids is 2. The normalized spacial score (nSPS) is 13.0. The molecule has 0 saturated carbocycles. The van der Waals surface area contributed by atoms with Crippen LogP contribution in [0.15, 0.2) is 77.2 Å². The summed E-state index contributed by atoms with van der Waals surface area (Å²) in [5, 5.41) is 1.10. The quantitative estimate of drug-likeness (QED) is 0.353. The van der Waals surface area contributed by atoms with E-state index in [1.54, 1.807) is 42.5 Å². The van der Waals surface area contributed by atoms with Crippen molar-refractivity contribution in [1.82, 2.24) is 9.88 Å². The van der Waals surface area contributed by atoms with Crippen LogP contribution in [0.2, 0.25) is 10.0 Å². The predicted octanol–water partition coefficient (Wildman–Crippen LogP) is 6.11. The summed E-state index contributed by atoms with van der Waals surface area (Å²) in [4.78, 5) is 31.2. The molecule has 2 heterocycles. The van der Waals surface area contributed by atoms with Gasteiger partial charge in [-0.25, -0.2) is 4.98 Å². The molecule has 0 atom stereocenters. The summed E-state index contributed by atoms with van der Waals surface area (Å²) in [6.45, 7) is -0.0859. The van der Waals surface area contributed by atoms with Crippen molar-refractivity contribution in [3.8, 4) is 22.6 Å². The zero-order valence-corrected chi connectivity index (χ0v) is 17.5. The van der Waals surface area contributed by atoms with Gasteiger partial charge in [0.1, 0.15) is 12.2 Å². The van der Waals surface area contributed by atoms with Gasteiger partial charge < -0.3 is 4.42 Å². The molecule has 152 valence electrons. The molecule has 31 heavy (non-hydrogen) atoms. The maximum atomic E-state index is 12.7. The molecule has 3 aromatic carbocycles. The number of amides is 2. The van der Waals surface area contributed by atoms with Crippen molar-refractivity contribution < 1.29 is 14.0 Å². The lowest BCUT2D eigenvalue weighted by Gasteiger charge is -2.10. The van der Waals surface area contributed by atoms with Crippen LogP contribution >= 0.6 is 23.2 Å². The van der Waals surface area contributed by atoms with Crippen molar-refractivity contribution >= 4 is 35.0 Å². The lowest BCUT2D eigenvalue weighted by atomic mass is 10.1. The van der Waals surface area contributed by atoms with E-state index in [1.165, 1.54) is 0 Å². The number of hydrogen-bond donors (Lipinski definition) is 0. The topological polar surface area (TPSA) is 63.4 Å². The number of oxazole rings is 1. The van der Waals surface area contributed by atoms with E-state index in [2.05, 4.69) is 4.98 Å². The Labute approximate surface area is 187 Å². The fraction of sp³-hybridized carbons (Fsp3) is 0.0417. The SMILES string of the molecule is O=C1c2ccccc2C(=O)N1Cc1nc(-c2ccccc2Cl)c(-c2ccc(Cl)cc2)o1. The van der Waals surface area contributed by atoms with E-state index in [0.717, 1.165) is 10.5 Å². The highest BCUT2D eigenvalue weighted by Gasteiger charge is 2.36. The first-order chi connectivity index (χ1) is 15.0. The van der Waals surface area contributed by atoms with Crippen LogP contribution in [0, 0.1) is 0 Å². The molecule has 5 nitrogen and oxygen atoms in total. The fourth-order valence-corrected chi connectivity index (χ4v) is 3.93. The van der Waals surface area contributed by atoms with Gasteiger partial charge >= 0.3 is 0 Å². The third-order valence-electron chi connectivity index (χ3n) is 5.08. The number of nitrogens with zero attached hydrogens (tertiary/aromatic N) is 2. The molecular weight excluding hydrogens is 435 g/mol.